The lowest BCUT2D eigenvalue weighted by molar-refractivity contribution is -0.107. The summed E-state index contributed by atoms with van der Waals surface area (Å²) in [4.78, 5) is 10.9. The summed E-state index contributed by atoms with van der Waals surface area (Å²) in [6, 6.07) is 21.3. The number of carbonyl (C=O) groups excluding carboxylic acids is 1. The summed E-state index contributed by atoms with van der Waals surface area (Å²) in [7, 11) is -3.68. The third-order valence-corrected chi connectivity index (χ3v) is 7.70. The van der Waals surface area contributed by atoms with Crippen molar-refractivity contribution >= 4 is 22.0 Å². The van der Waals surface area contributed by atoms with Gasteiger partial charge in [0.25, 0.3) is 10.0 Å². The molecule has 0 aliphatic heterocycles. The van der Waals surface area contributed by atoms with Gasteiger partial charge in [0, 0.05) is 13.0 Å². The third kappa shape index (κ3) is 4.42. The zero-order chi connectivity index (χ0) is 21.8. The predicted octanol–water partition coefficient (Wildman–Crippen LogP) is 5.52. The third-order valence-electron chi connectivity index (χ3n) is 5.86. The summed E-state index contributed by atoms with van der Waals surface area (Å²) in [6.07, 6.45) is 4.55. The number of carbonyl (C=O) groups is 1. The van der Waals surface area contributed by atoms with E-state index in [2.05, 4.69) is 12.1 Å². The lowest BCUT2D eigenvalue weighted by Gasteiger charge is -2.25. The van der Waals surface area contributed by atoms with E-state index < -0.39 is 10.0 Å². The highest BCUT2D eigenvalue weighted by Crippen LogP contribution is 2.39. The van der Waals surface area contributed by atoms with Crippen molar-refractivity contribution in [2.75, 3.05) is 10.8 Å². The average molecular weight is 434 g/mol. The Morgan fingerprint density at radius 3 is 2.39 bits per heavy atom. The molecule has 1 aliphatic rings. The van der Waals surface area contributed by atoms with Gasteiger partial charge in [-0.2, -0.15) is 0 Å². The molecule has 0 aromatic heterocycles. The Balaban J connectivity index is 1.67. The molecule has 0 spiro atoms. The molecule has 5 heteroatoms. The van der Waals surface area contributed by atoms with Crippen LogP contribution in [0.2, 0.25) is 0 Å². The smallest absolute Gasteiger partial charge is 0.264 e. The predicted molar refractivity (Wildman–Crippen MR) is 125 cm³/mol. The maximum absolute atomic E-state index is 13.6. The second-order valence-corrected chi connectivity index (χ2v) is 9.94. The number of hydrogen-bond donors (Lipinski definition) is 0. The Morgan fingerprint density at radius 1 is 0.871 bits per heavy atom. The maximum Gasteiger partial charge on any atom is 0.264 e. The molecule has 0 N–H and O–H groups in total. The number of aryl methyl sites for hydroxylation is 1. The van der Waals surface area contributed by atoms with Crippen LogP contribution in [0, 0.1) is 6.92 Å². The number of sulfonamides is 1. The molecule has 0 saturated carbocycles. The van der Waals surface area contributed by atoms with Gasteiger partial charge in [-0.25, -0.2) is 8.42 Å². The van der Waals surface area contributed by atoms with Crippen LogP contribution in [0.15, 0.2) is 71.6 Å². The second-order valence-electron chi connectivity index (χ2n) is 8.08. The largest absolute Gasteiger partial charge is 0.303 e. The van der Waals surface area contributed by atoms with Gasteiger partial charge >= 0.3 is 0 Å². The first-order chi connectivity index (χ1) is 15.0. The van der Waals surface area contributed by atoms with Crippen molar-refractivity contribution in [1.82, 2.24) is 0 Å². The SMILES string of the molecule is Cc1ccc(S(=O)(=O)N(CCCCCC=O)c2ccc3c(c2)Cc2ccccc2-3)cc1. The monoisotopic (exact) mass is 433 g/mol. The highest BCUT2D eigenvalue weighted by atomic mass is 32.2. The van der Waals surface area contributed by atoms with E-state index in [1.165, 1.54) is 21.0 Å². The summed E-state index contributed by atoms with van der Waals surface area (Å²) in [6.45, 7) is 2.33. The second kappa shape index (κ2) is 9.06. The first kappa shape index (κ1) is 21.3. The lowest BCUT2D eigenvalue weighted by atomic mass is 10.1. The number of unbranched alkanes of at least 4 members (excludes halogenated alkanes) is 3. The molecule has 0 fully saturated rings. The minimum Gasteiger partial charge on any atom is -0.303 e. The molecule has 0 radical (unpaired) electrons. The van der Waals surface area contributed by atoms with Crippen molar-refractivity contribution in [3.63, 3.8) is 0 Å². The van der Waals surface area contributed by atoms with Crippen LogP contribution in [0.4, 0.5) is 5.69 Å². The van der Waals surface area contributed by atoms with E-state index in [4.69, 9.17) is 0 Å². The lowest BCUT2D eigenvalue weighted by Crippen LogP contribution is -2.32. The maximum atomic E-state index is 13.6. The van der Waals surface area contributed by atoms with Crippen LogP contribution in [0.3, 0.4) is 0 Å². The van der Waals surface area contributed by atoms with Crippen molar-refractivity contribution in [2.45, 2.75) is 43.9 Å². The highest BCUT2D eigenvalue weighted by Gasteiger charge is 2.26. The van der Waals surface area contributed by atoms with Gasteiger partial charge in [0.15, 0.2) is 0 Å². The molecular weight excluding hydrogens is 406 g/mol. The first-order valence-electron chi connectivity index (χ1n) is 10.7. The van der Waals surface area contributed by atoms with Gasteiger partial charge in [0.2, 0.25) is 0 Å². The Kier molecular flexibility index (Phi) is 6.23. The number of rotatable bonds is 9. The van der Waals surface area contributed by atoms with Crippen LogP contribution >= 0.6 is 0 Å². The van der Waals surface area contributed by atoms with E-state index in [0.717, 1.165) is 36.7 Å². The fourth-order valence-corrected chi connectivity index (χ4v) is 5.67. The van der Waals surface area contributed by atoms with Gasteiger partial charge in [-0.05, 0) is 72.7 Å². The summed E-state index contributed by atoms with van der Waals surface area (Å²) in [5.74, 6) is 0. The molecule has 4 rings (SSSR count). The summed E-state index contributed by atoms with van der Waals surface area (Å²) >= 11 is 0. The van der Waals surface area contributed by atoms with E-state index in [1.54, 1.807) is 12.1 Å². The van der Waals surface area contributed by atoms with Gasteiger partial charge in [-0.1, -0.05) is 54.4 Å². The Bertz CT molecular complexity index is 1180. The molecule has 3 aromatic carbocycles. The van der Waals surface area contributed by atoms with Crippen LogP contribution in [-0.4, -0.2) is 21.2 Å². The molecule has 0 saturated heterocycles. The standard InChI is InChI=1S/C26H27NO3S/c1-20-10-13-24(14-11-20)31(29,30)27(16-6-2-3-7-17-28)23-12-15-26-22(19-23)18-21-8-4-5-9-25(21)26/h4-5,8-15,17,19H,2-3,6-7,16,18H2,1H3. The number of aldehydes is 1. The molecule has 0 unspecified atom stereocenters. The van der Waals surface area contributed by atoms with Crippen LogP contribution in [0.5, 0.6) is 0 Å². The van der Waals surface area contributed by atoms with Crippen molar-refractivity contribution in [3.05, 3.63) is 83.4 Å². The number of anilines is 1. The van der Waals surface area contributed by atoms with Crippen molar-refractivity contribution in [1.29, 1.82) is 0 Å². The van der Waals surface area contributed by atoms with Gasteiger partial charge in [0.1, 0.15) is 6.29 Å². The van der Waals surface area contributed by atoms with E-state index in [9.17, 15) is 13.2 Å². The van der Waals surface area contributed by atoms with E-state index in [-0.39, 0.29) is 0 Å². The van der Waals surface area contributed by atoms with Gasteiger partial charge in [-0.3, -0.25) is 4.31 Å². The summed E-state index contributed by atoms with van der Waals surface area (Å²) in [5.41, 5.74) is 6.56. The molecule has 1 aliphatic carbocycles. The van der Waals surface area contributed by atoms with Gasteiger partial charge in [0.05, 0.1) is 10.6 Å². The van der Waals surface area contributed by atoms with Crippen LogP contribution in [-0.2, 0) is 21.2 Å². The molecule has 4 nitrogen and oxygen atoms in total. The van der Waals surface area contributed by atoms with Crippen LogP contribution < -0.4 is 4.31 Å². The summed E-state index contributed by atoms with van der Waals surface area (Å²) in [5, 5.41) is 0. The van der Waals surface area contributed by atoms with E-state index in [1.807, 2.05) is 49.4 Å². The fourth-order valence-electron chi connectivity index (χ4n) is 4.17. The fraction of sp³-hybridized carbons (Fsp3) is 0.269. The molecular formula is C26H27NO3S. The van der Waals surface area contributed by atoms with Crippen LogP contribution in [0.1, 0.15) is 42.4 Å². The quantitative estimate of drug-likeness (QED) is 0.258. The minimum absolute atomic E-state index is 0.301. The van der Waals surface area contributed by atoms with Crippen molar-refractivity contribution in [2.24, 2.45) is 0 Å². The van der Waals surface area contributed by atoms with Gasteiger partial charge in [-0.15, -0.1) is 0 Å². The Labute approximate surface area is 184 Å². The molecule has 0 bridgehead atoms. The zero-order valence-corrected chi connectivity index (χ0v) is 18.6. The van der Waals surface area contributed by atoms with Crippen molar-refractivity contribution in [3.8, 4) is 11.1 Å². The summed E-state index contributed by atoms with van der Waals surface area (Å²) < 4.78 is 28.6. The van der Waals surface area contributed by atoms with Crippen LogP contribution in [0.25, 0.3) is 11.1 Å². The Hall–Kier alpha value is -2.92. The molecule has 160 valence electrons. The topological polar surface area (TPSA) is 54.5 Å². The zero-order valence-electron chi connectivity index (χ0n) is 17.8. The highest BCUT2D eigenvalue weighted by molar-refractivity contribution is 7.92. The number of fused-ring (bicyclic) bond motifs is 3. The van der Waals surface area contributed by atoms with E-state index >= 15 is 0 Å². The Morgan fingerprint density at radius 2 is 1.61 bits per heavy atom. The van der Waals surface area contributed by atoms with E-state index in [0.29, 0.717) is 30.0 Å². The average Bonchev–Trinajstić information content (AvgIpc) is 3.14. The number of hydrogen-bond acceptors (Lipinski definition) is 3. The number of benzene rings is 3. The molecule has 0 atom stereocenters. The van der Waals surface area contributed by atoms with Crippen molar-refractivity contribution < 1.29 is 13.2 Å². The first-order valence-corrected chi connectivity index (χ1v) is 12.2. The number of nitrogens with zero attached hydrogens (tertiary/aromatic N) is 1. The molecule has 3 aromatic rings. The minimum atomic E-state index is -3.68. The molecule has 0 amide bonds. The molecule has 31 heavy (non-hydrogen) atoms. The molecule has 0 heterocycles. The normalized spacial score (nSPS) is 12.3. The van der Waals surface area contributed by atoms with Gasteiger partial charge < -0.3 is 4.79 Å².